The number of benzene rings is 1. The minimum Gasteiger partial charge on any atom is -0.345 e. The summed E-state index contributed by atoms with van der Waals surface area (Å²) in [5, 5.41) is 7.80. The molecule has 1 unspecified atom stereocenters. The SMILES string of the molecule is Cc1c(C(=O)NC(C)c2ccc(Cl)cc2Cl)cnn1-c1ccc(C(F)(F)F)cn1. The Morgan fingerprint density at radius 2 is 1.90 bits per heavy atom. The van der Waals surface area contributed by atoms with Gasteiger partial charge in [0.1, 0.15) is 0 Å². The Morgan fingerprint density at radius 3 is 2.48 bits per heavy atom. The molecule has 0 bridgehead atoms. The summed E-state index contributed by atoms with van der Waals surface area (Å²) >= 11 is 12.1. The van der Waals surface area contributed by atoms with Crippen molar-refractivity contribution in [2.24, 2.45) is 0 Å². The van der Waals surface area contributed by atoms with Crippen LogP contribution in [0.1, 0.15) is 40.1 Å². The Morgan fingerprint density at radius 1 is 1.17 bits per heavy atom. The number of alkyl halides is 3. The molecule has 0 fully saturated rings. The van der Waals surface area contributed by atoms with Crippen molar-refractivity contribution in [1.29, 1.82) is 0 Å². The first kappa shape index (κ1) is 21.1. The Kier molecular flexibility index (Phi) is 5.86. The highest BCUT2D eigenvalue weighted by molar-refractivity contribution is 6.35. The van der Waals surface area contributed by atoms with Crippen LogP contribution in [-0.4, -0.2) is 20.7 Å². The number of nitrogens with one attached hydrogen (secondary N) is 1. The average molecular weight is 443 g/mol. The molecule has 0 saturated carbocycles. The average Bonchev–Trinajstić information content (AvgIpc) is 3.02. The van der Waals surface area contributed by atoms with E-state index < -0.39 is 23.7 Å². The Bertz CT molecular complexity index is 1050. The van der Waals surface area contributed by atoms with Gasteiger partial charge in [-0.05, 0) is 43.7 Å². The molecule has 3 aromatic rings. The summed E-state index contributed by atoms with van der Waals surface area (Å²) in [6.07, 6.45) is -2.42. The quantitative estimate of drug-likeness (QED) is 0.588. The Balaban J connectivity index is 1.80. The molecule has 2 aromatic heterocycles. The number of amides is 1. The standard InChI is InChI=1S/C19H15Cl2F3N4O/c1-10(14-5-4-13(20)7-16(14)21)27-18(29)15-9-26-28(11(15)2)17-6-3-12(8-25-17)19(22,23)24/h3-10H,1-2H3,(H,27,29). The largest absolute Gasteiger partial charge is 0.417 e. The van der Waals surface area contributed by atoms with Gasteiger partial charge in [0.05, 0.1) is 29.1 Å². The molecule has 1 N–H and O–H groups in total. The maximum Gasteiger partial charge on any atom is 0.417 e. The van der Waals surface area contributed by atoms with Gasteiger partial charge in [-0.25, -0.2) is 9.67 Å². The monoisotopic (exact) mass is 442 g/mol. The maximum absolute atomic E-state index is 12.7. The summed E-state index contributed by atoms with van der Waals surface area (Å²) in [6.45, 7) is 3.39. The van der Waals surface area contributed by atoms with Crippen LogP contribution in [0.2, 0.25) is 10.0 Å². The van der Waals surface area contributed by atoms with Crippen LogP contribution in [0.5, 0.6) is 0 Å². The third-order valence-corrected chi connectivity index (χ3v) is 4.89. The van der Waals surface area contributed by atoms with E-state index in [0.29, 0.717) is 21.3 Å². The fraction of sp³-hybridized carbons (Fsp3) is 0.211. The van der Waals surface area contributed by atoms with Crippen LogP contribution in [-0.2, 0) is 6.18 Å². The van der Waals surface area contributed by atoms with Crippen molar-refractivity contribution in [2.45, 2.75) is 26.1 Å². The summed E-state index contributed by atoms with van der Waals surface area (Å²) in [5.74, 6) is -0.234. The smallest absolute Gasteiger partial charge is 0.345 e. The fourth-order valence-corrected chi connectivity index (χ4v) is 3.32. The molecule has 0 spiro atoms. The molecular formula is C19H15Cl2F3N4O. The second-order valence-corrected chi connectivity index (χ2v) is 7.16. The zero-order valence-electron chi connectivity index (χ0n) is 15.3. The third-order valence-electron chi connectivity index (χ3n) is 4.32. The van der Waals surface area contributed by atoms with Crippen LogP contribution >= 0.6 is 23.2 Å². The molecule has 3 rings (SSSR count). The highest BCUT2D eigenvalue weighted by Crippen LogP contribution is 2.29. The molecule has 1 aromatic carbocycles. The predicted octanol–water partition coefficient (Wildman–Crippen LogP) is 5.39. The van der Waals surface area contributed by atoms with Crippen molar-refractivity contribution in [1.82, 2.24) is 20.1 Å². The van der Waals surface area contributed by atoms with Gasteiger partial charge >= 0.3 is 6.18 Å². The van der Waals surface area contributed by atoms with Crippen LogP contribution in [0.4, 0.5) is 13.2 Å². The number of aromatic nitrogens is 3. The fourth-order valence-electron chi connectivity index (χ4n) is 2.75. The summed E-state index contributed by atoms with van der Waals surface area (Å²) in [7, 11) is 0. The first-order valence-corrected chi connectivity index (χ1v) is 9.17. The van der Waals surface area contributed by atoms with Gasteiger partial charge in [-0.15, -0.1) is 0 Å². The molecule has 152 valence electrons. The summed E-state index contributed by atoms with van der Waals surface area (Å²) in [4.78, 5) is 16.5. The number of halogens is 5. The first-order valence-electron chi connectivity index (χ1n) is 8.42. The molecule has 0 saturated heterocycles. The molecular weight excluding hydrogens is 428 g/mol. The van der Waals surface area contributed by atoms with Gasteiger partial charge < -0.3 is 5.32 Å². The summed E-state index contributed by atoms with van der Waals surface area (Å²) in [5.41, 5.74) is 0.532. The van der Waals surface area contributed by atoms with Gasteiger partial charge in [0, 0.05) is 16.2 Å². The van der Waals surface area contributed by atoms with E-state index in [1.807, 2.05) is 0 Å². The Hall–Kier alpha value is -2.58. The molecule has 10 heteroatoms. The van der Waals surface area contributed by atoms with Gasteiger partial charge in [-0.2, -0.15) is 18.3 Å². The van der Waals surface area contributed by atoms with Crippen molar-refractivity contribution < 1.29 is 18.0 Å². The highest BCUT2D eigenvalue weighted by atomic mass is 35.5. The van der Waals surface area contributed by atoms with Gasteiger partial charge in [-0.3, -0.25) is 4.79 Å². The zero-order chi connectivity index (χ0) is 21.3. The van der Waals surface area contributed by atoms with Gasteiger partial charge in [0.25, 0.3) is 5.91 Å². The first-order chi connectivity index (χ1) is 13.6. The number of rotatable bonds is 4. The maximum atomic E-state index is 12.7. The number of pyridine rings is 1. The van der Waals surface area contributed by atoms with Crippen molar-refractivity contribution in [3.63, 3.8) is 0 Å². The van der Waals surface area contributed by atoms with Crippen molar-refractivity contribution in [3.8, 4) is 5.82 Å². The molecule has 0 radical (unpaired) electrons. The molecule has 5 nitrogen and oxygen atoms in total. The minimum absolute atomic E-state index is 0.170. The van der Waals surface area contributed by atoms with Gasteiger partial charge in [0.2, 0.25) is 0 Å². The molecule has 1 atom stereocenters. The van der Waals surface area contributed by atoms with E-state index in [0.717, 1.165) is 12.3 Å². The second kappa shape index (κ2) is 8.04. The molecule has 2 heterocycles. The van der Waals surface area contributed by atoms with E-state index in [-0.39, 0.29) is 11.4 Å². The number of nitrogens with zero attached hydrogens (tertiary/aromatic N) is 3. The lowest BCUT2D eigenvalue weighted by atomic mass is 10.1. The minimum atomic E-state index is -4.48. The summed E-state index contributed by atoms with van der Waals surface area (Å²) in [6, 6.07) is 6.68. The van der Waals surface area contributed by atoms with Crippen LogP contribution in [0.15, 0.2) is 42.7 Å². The lowest BCUT2D eigenvalue weighted by Crippen LogP contribution is -2.27. The lowest BCUT2D eigenvalue weighted by molar-refractivity contribution is -0.137. The van der Waals surface area contributed by atoms with E-state index in [2.05, 4.69) is 15.4 Å². The van der Waals surface area contributed by atoms with E-state index >= 15 is 0 Å². The van der Waals surface area contributed by atoms with E-state index in [4.69, 9.17) is 23.2 Å². The van der Waals surface area contributed by atoms with Crippen LogP contribution in [0.3, 0.4) is 0 Å². The van der Waals surface area contributed by atoms with Crippen molar-refractivity contribution >= 4 is 29.1 Å². The normalized spacial score (nSPS) is 12.7. The third kappa shape index (κ3) is 4.54. The molecule has 0 aliphatic carbocycles. The number of carbonyl (C=O) groups is 1. The van der Waals surface area contributed by atoms with Crippen LogP contribution < -0.4 is 5.32 Å². The van der Waals surface area contributed by atoms with Gasteiger partial charge in [0.15, 0.2) is 5.82 Å². The van der Waals surface area contributed by atoms with E-state index in [9.17, 15) is 18.0 Å². The molecule has 0 aliphatic heterocycles. The number of hydrogen-bond acceptors (Lipinski definition) is 3. The number of hydrogen-bond donors (Lipinski definition) is 1. The van der Waals surface area contributed by atoms with Gasteiger partial charge in [-0.1, -0.05) is 29.3 Å². The molecule has 1 amide bonds. The van der Waals surface area contributed by atoms with Crippen molar-refractivity contribution in [2.75, 3.05) is 0 Å². The second-order valence-electron chi connectivity index (χ2n) is 6.32. The molecule has 29 heavy (non-hydrogen) atoms. The predicted molar refractivity (Wildman–Crippen MR) is 103 cm³/mol. The lowest BCUT2D eigenvalue weighted by Gasteiger charge is -2.16. The zero-order valence-corrected chi connectivity index (χ0v) is 16.8. The van der Waals surface area contributed by atoms with E-state index in [1.165, 1.54) is 16.9 Å². The highest BCUT2D eigenvalue weighted by Gasteiger charge is 2.31. The van der Waals surface area contributed by atoms with Crippen molar-refractivity contribution in [3.05, 3.63) is 75.2 Å². The van der Waals surface area contributed by atoms with E-state index in [1.54, 1.807) is 32.0 Å². The summed E-state index contributed by atoms with van der Waals surface area (Å²) < 4.78 is 39.4. The molecule has 0 aliphatic rings. The topological polar surface area (TPSA) is 59.8 Å². The van der Waals surface area contributed by atoms with Crippen LogP contribution in [0, 0.1) is 6.92 Å². The van der Waals surface area contributed by atoms with Crippen LogP contribution in [0.25, 0.3) is 5.82 Å². The Labute approximate surface area is 174 Å². The number of carbonyl (C=O) groups excluding carboxylic acids is 1.